The molecule has 0 radical (unpaired) electrons. The molecule has 16 heteroatoms. The van der Waals surface area contributed by atoms with Crippen LogP contribution in [0, 0.1) is 11.8 Å². The minimum atomic E-state index is -0.854. The molecule has 1 aliphatic carbocycles. The van der Waals surface area contributed by atoms with E-state index in [-0.39, 0.29) is 43.8 Å². The number of anilines is 2. The Morgan fingerprint density at radius 3 is 2.12 bits per heavy atom. The van der Waals surface area contributed by atoms with Crippen molar-refractivity contribution in [3.63, 3.8) is 0 Å². The third kappa shape index (κ3) is 10.5. The molecule has 1 heterocycles. The van der Waals surface area contributed by atoms with E-state index in [1.807, 2.05) is 36.4 Å². The van der Waals surface area contributed by atoms with Crippen LogP contribution in [-0.4, -0.2) is 82.4 Å². The topological polar surface area (TPSA) is 252 Å². The molecule has 1 atom stereocenters. The van der Waals surface area contributed by atoms with Crippen molar-refractivity contribution in [2.24, 2.45) is 23.3 Å². The van der Waals surface area contributed by atoms with Gasteiger partial charge in [0.2, 0.25) is 35.4 Å². The number of H-pyrrole nitrogens is 1. The Bertz CT molecular complexity index is 1820. The molecular formula is C36H43N11O5. The highest BCUT2D eigenvalue weighted by molar-refractivity contribution is 5.99. The van der Waals surface area contributed by atoms with Gasteiger partial charge in [-0.1, -0.05) is 42.5 Å². The predicted molar refractivity (Wildman–Crippen MR) is 194 cm³/mol. The predicted octanol–water partition coefficient (Wildman–Crippen LogP) is 1.09. The molecule has 0 aliphatic heterocycles. The molecule has 3 aromatic carbocycles. The third-order valence-electron chi connectivity index (χ3n) is 8.92. The number of rotatable bonds is 15. The second-order valence-corrected chi connectivity index (χ2v) is 12.6. The number of nitrogens with two attached hydrogens (primary N) is 2. The van der Waals surface area contributed by atoms with Gasteiger partial charge in [0.05, 0.1) is 19.6 Å². The van der Waals surface area contributed by atoms with Gasteiger partial charge in [0.15, 0.2) is 0 Å². The largest absolute Gasteiger partial charge is 0.346 e. The smallest absolute Gasteiger partial charge is 0.247 e. The van der Waals surface area contributed by atoms with Crippen LogP contribution >= 0.6 is 0 Å². The SMILES string of the molecule is NCC(=O)NCC(=O)NCC(=O)Nc1ccccc1-c1ccc(C[C@H](NC(=O)C2CCC(CN)CC2)C(=O)Nc2ccc(-c3nn[nH]n3)cc2)cc1. The van der Waals surface area contributed by atoms with Gasteiger partial charge >= 0.3 is 0 Å². The van der Waals surface area contributed by atoms with Gasteiger partial charge in [-0.3, -0.25) is 24.0 Å². The van der Waals surface area contributed by atoms with Crippen molar-refractivity contribution in [1.82, 2.24) is 36.6 Å². The fourth-order valence-corrected chi connectivity index (χ4v) is 5.96. The van der Waals surface area contributed by atoms with Gasteiger partial charge < -0.3 is 38.1 Å². The van der Waals surface area contributed by atoms with E-state index in [1.165, 1.54) is 0 Å². The van der Waals surface area contributed by atoms with Gasteiger partial charge in [-0.2, -0.15) is 5.21 Å². The second-order valence-electron chi connectivity index (χ2n) is 12.6. The highest BCUT2D eigenvalue weighted by Crippen LogP contribution is 2.30. The van der Waals surface area contributed by atoms with Crippen molar-refractivity contribution < 1.29 is 24.0 Å². The van der Waals surface area contributed by atoms with Crippen LogP contribution in [0.1, 0.15) is 31.2 Å². The van der Waals surface area contributed by atoms with Crippen LogP contribution in [0.5, 0.6) is 0 Å². The molecule has 272 valence electrons. The number of carbonyl (C=O) groups is 5. The molecule has 1 saturated carbocycles. The van der Waals surface area contributed by atoms with Crippen molar-refractivity contribution >= 4 is 40.9 Å². The van der Waals surface area contributed by atoms with Crippen molar-refractivity contribution in [2.75, 3.05) is 36.8 Å². The number of carbonyl (C=O) groups excluding carboxylic acids is 5. The molecule has 1 fully saturated rings. The molecule has 0 bridgehead atoms. The summed E-state index contributed by atoms with van der Waals surface area (Å²) >= 11 is 0. The first-order valence-electron chi connectivity index (χ1n) is 17.1. The van der Waals surface area contributed by atoms with E-state index in [0.29, 0.717) is 29.7 Å². The molecule has 4 aromatic rings. The summed E-state index contributed by atoms with van der Waals surface area (Å²) in [6, 6.07) is 20.9. The first kappa shape index (κ1) is 37.3. The van der Waals surface area contributed by atoms with E-state index >= 15 is 0 Å². The molecule has 0 saturated heterocycles. The van der Waals surface area contributed by atoms with Crippen LogP contribution in [0.25, 0.3) is 22.5 Å². The van der Waals surface area contributed by atoms with E-state index in [4.69, 9.17) is 11.5 Å². The standard InChI is InChI=1S/C36H43N11O5/c37-18-23-7-11-26(12-8-23)35(51)43-30(36(52)41-27-15-13-25(14-16-27)34-44-46-47-45-34)17-22-5-9-24(10-6-22)28-3-1-2-4-29(28)42-33(50)21-40-32(49)20-39-31(48)19-38/h1-6,9-10,13-16,23,26,30H,7-8,11-12,17-21,37-38H2,(H,39,48)(H,40,49)(H,41,52)(H,42,50)(H,43,51)(H,44,45,46,47)/t23?,26?,30-/m0/s1. The molecule has 10 N–H and O–H groups in total. The Labute approximate surface area is 300 Å². The summed E-state index contributed by atoms with van der Waals surface area (Å²) in [6.45, 7) is -0.218. The average molecular weight is 710 g/mol. The lowest BCUT2D eigenvalue weighted by molar-refractivity contribution is -0.130. The first-order chi connectivity index (χ1) is 25.2. The molecule has 52 heavy (non-hydrogen) atoms. The van der Waals surface area contributed by atoms with Gasteiger partial charge in [-0.15, -0.1) is 10.2 Å². The molecule has 1 aromatic heterocycles. The number of amides is 5. The summed E-state index contributed by atoms with van der Waals surface area (Å²) in [7, 11) is 0. The zero-order chi connectivity index (χ0) is 36.9. The van der Waals surface area contributed by atoms with Crippen molar-refractivity contribution in [3.8, 4) is 22.5 Å². The number of benzene rings is 3. The Morgan fingerprint density at radius 2 is 1.44 bits per heavy atom. The zero-order valence-corrected chi connectivity index (χ0v) is 28.6. The fraction of sp³-hybridized carbons (Fsp3) is 0.333. The normalized spacial score (nSPS) is 15.9. The fourth-order valence-electron chi connectivity index (χ4n) is 5.96. The Morgan fingerprint density at radius 1 is 0.769 bits per heavy atom. The molecule has 5 rings (SSSR count). The maximum absolute atomic E-state index is 13.7. The summed E-state index contributed by atoms with van der Waals surface area (Å²) in [5, 5.41) is 27.5. The summed E-state index contributed by atoms with van der Waals surface area (Å²) in [5.41, 5.74) is 15.2. The second kappa shape index (κ2) is 18.3. The molecular weight excluding hydrogens is 666 g/mol. The van der Waals surface area contributed by atoms with E-state index in [9.17, 15) is 24.0 Å². The third-order valence-corrected chi connectivity index (χ3v) is 8.92. The molecule has 0 spiro atoms. The van der Waals surface area contributed by atoms with E-state index in [1.54, 1.807) is 36.4 Å². The minimum Gasteiger partial charge on any atom is -0.346 e. The highest BCUT2D eigenvalue weighted by Gasteiger charge is 2.29. The number of hydrogen-bond donors (Lipinski definition) is 8. The average Bonchev–Trinajstić information content (AvgIpc) is 3.72. The number of aromatic amines is 1. The number of tetrazole rings is 1. The lowest BCUT2D eigenvalue weighted by Crippen LogP contribution is -2.48. The van der Waals surface area contributed by atoms with Crippen LogP contribution in [0.4, 0.5) is 11.4 Å². The maximum Gasteiger partial charge on any atom is 0.247 e. The van der Waals surface area contributed by atoms with Crippen LogP contribution in [-0.2, 0) is 30.4 Å². The van der Waals surface area contributed by atoms with Crippen LogP contribution < -0.4 is 38.1 Å². The molecule has 0 unspecified atom stereocenters. The van der Waals surface area contributed by atoms with E-state index < -0.39 is 23.8 Å². The van der Waals surface area contributed by atoms with Gasteiger partial charge in [0.25, 0.3) is 0 Å². The maximum atomic E-state index is 13.7. The van der Waals surface area contributed by atoms with Gasteiger partial charge in [0.1, 0.15) is 6.04 Å². The minimum absolute atomic E-state index is 0.152. The summed E-state index contributed by atoms with van der Waals surface area (Å²) in [4.78, 5) is 63.0. The van der Waals surface area contributed by atoms with Gasteiger partial charge in [-0.05, 0) is 84.8 Å². The Kier molecular flexibility index (Phi) is 13.1. The molecule has 1 aliphatic rings. The van der Waals surface area contributed by atoms with Gasteiger partial charge in [0, 0.05) is 34.8 Å². The Hall–Kier alpha value is -6.00. The highest BCUT2D eigenvalue weighted by atomic mass is 16.2. The van der Waals surface area contributed by atoms with Crippen molar-refractivity contribution in [3.05, 3.63) is 78.4 Å². The Balaban J connectivity index is 1.25. The van der Waals surface area contributed by atoms with Crippen LogP contribution in [0.15, 0.2) is 72.8 Å². The van der Waals surface area contributed by atoms with E-state index in [0.717, 1.165) is 47.9 Å². The molecule has 5 amide bonds. The number of hydrogen-bond acceptors (Lipinski definition) is 10. The summed E-state index contributed by atoms with van der Waals surface area (Å²) in [6.07, 6.45) is 3.45. The lowest BCUT2D eigenvalue weighted by atomic mass is 9.81. The van der Waals surface area contributed by atoms with Crippen molar-refractivity contribution in [2.45, 2.75) is 38.1 Å². The van der Waals surface area contributed by atoms with Gasteiger partial charge in [-0.25, -0.2) is 0 Å². The monoisotopic (exact) mass is 709 g/mol. The lowest BCUT2D eigenvalue weighted by Gasteiger charge is -2.28. The molecule has 16 nitrogen and oxygen atoms in total. The summed E-state index contributed by atoms with van der Waals surface area (Å²) in [5.74, 6) is -1.31. The van der Waals surface area contributed by atoms with Crippen molar-refractivity contribution in [1.29, 1.82) is 0 Å². The quantitative estimate of drug-likeness (QED) is 0.0872. The summed E-state index contributed by atoms with van der Waals surface area (Å²) < 4.78 is 0. The first-order valence-corrected chi connectivity index (χ1v) is 17.1. The van der Waals surface area contributed by atoms with Crippen LogP contribution in [0.2, 0.25) is 0 Å². The van der Waals surface area contributed by atoms with E-state index in [2.05, 4.69) is 47.2 Å². The van der Waals surface area contributed by atoms with Crippen LogP contribution in [0.3, 0.4) is 0 Å². The number of nitrogens with zero attached hydrogens (tertiary/aromatic N) is 3. The number of aromatic nitrogens is 4. The number of nitrogens with one attached hydrogen (secondary N) is 6. The number of para-hydroxylation sites is 1. The zero-order valence-electron chi connectivity index (χ0n) is 28.6.